The molecule has 1 aliphatic heterocycles. The minimum atomic E-state index is 0.0376. The van der Waals surface area contributed by atoms with Gasteiger partial charge in [-0.1, -0.05) is 59.7 Å². The molecule has 0 spiro atoms. The molecule has 2 aromatic carbocycles. The topological polar surface area (TPSA) is 35.6 Å². The molecule has 1 saturated heterocycles. The van der Waals surface area contributed by atoms with Crippen LogP contribution >= 0.6 is 0 Å². The van der Waals surface area contributed by atoms with Gasteiger partial charge in [-0.3, -0.25) is 4.90 Å². The molecule has 4 nitrogen and oxygen atoms in total. The van der Waals surface area contributed by atoms with E-state index in [0.717, 1.165) is 38.3 Å². The SMILES string of the molecule is Cc1ccc(CNC(=O)N2CCN(Cc3ccc(C)cc3)CC2)cc1. The van der Waals surface area contributed by atoms with Gasteiger partial charge in [0.2, 0.25) is 0 Å². The summed E-state index contributed by atoms with van der Waals surface area (Å²) in [7, 11) is 0. The van der Waals surface area contributed by atoms with Gasteiger partial charge in [0.1, 0.15) is 0 Å². The molecule has 0 saturated carbocycles. The van der Waals surface area contributed by atoms with Gasteiger partial charge >= 0.3 is 6.03 Å². The fourth-order valence-electron chi connectivity index (χ4n) is 3.06. The highest BCUT2D eigenvalue weighted by Crippen LogP contribution is 2.10. The zero-order chi connectivity index (χ0) is 17.6. The van der Waals surface area contributed by atoms with Crippen molar-refractivity contribution in [3.63, 3.8) is 0 Å². The monoisotopic (exact) mass is 337 g/mol. The highest BCUT2D eigenvalue weighted by atomic mass is 16.2. The summed E-state index contributed by atoms with van der Waals surface area (Å²) in [5.74, 6) is 0. The third-order valence-corrected chi connectivity index (χ3v) is 4.75. The Labute approximate surface area is 150 Å². The number of aryl methyl sites for hydroxylation is 2. The van der Waals surface area contributed by atoms with Crippen LogP contribution < -0.4 is 5.32 Å². The molecular formula is C21H27N3O. The van der Waals surface area contributed by atoms with Gasteiger partial charge in [-0.05, 0) is 25.0 Å². The molecule has 0 bridgehead atoms. The molecule has 1 N–H and O–H groups in total. The predicted octanol–water partition coefficient (Wildman–Crippen LogP) is 3.33. The second-order valence-electron chi connectivity index (χ2n) is 6.89. The van der Waals surface area contributed by atoms with Crippen LogP contribution in [0.3, 0.4) is 0 Å². The Bertz CT molecular complexity index is 686. The van der Waals surface area contributed by atoms with Gasteiger partial charge in [0.05, 0.1) is 0 Å². The molecule has 3 rings (SSSR count). The lowest BCUT2D eigenvalue weighted by atomic mass is 10.1. The largest absolute Gasteiger partial charge is 0.334 e. The van der Waals surface area contributed by atoms with Crippen molar-refractivity contribution in [2.45, 2.75) is 26.9 Å². The van der Waals surface area contributed by atoms with Crippen molar-refractivity contribution in [2.75, 3.05) is 26.2 Å². The van der Waals surface area contributed by atoms with Gasteiger partial charge in [-0.2, -0.15) is 0 Å². The number of hydrogen-bond acceptors (Lipinski definition) is 2. The van der Waals surface area contributed by atoms with E-state index in [1.807, 2.05) is 4.90 Å². The first-order valence-corrected chi connectivity index (χ1v) is 8.96. The van der Waals surface area contributed by atoms with E-state index in [9.17, 15) is 4.79 Å². The molecule has 1 heterocycles. The van der Waals surface area contributed by atoms with Crippen LogP contribution in [0, 0.1) is 13.8 Å². The molecule has 2 amide bonds. The molecule has 132 valence electrons. The van der Waals surface area contributed by atoms with Gasteiger partial charge in [0.25, 0.3) is 0 Å². The number of carbonyl (C=O) groups excluding carboxylic acids is 1. The Morgan fingerprint density at radius 1 is 0.840 bits per heavy atom. The third kappa shape index (κ3) is 5.07. The van der Waals surface area contributed by atoms with Crippen LogP contribution in [0.5, 0.6) is 0 Å². The molecule has 0 aliphatic carbocycles. The van der Waals surface area contributed by atoms with E-state index in [2.05, 4.69) is 72.6 Å². The molecular weight excluding hydrogens is 310 g/mol. The summed E-state index contributed by atoms with van der Waals surface area (Å²) in [4.78, 5) is 16.7. The first-order valence-electron chi connectivity index (χ1n) is 8.96. The first kappa shape index (κ1) is 17.5. The van der Waals surface area contributed by atoms with E-state index in [1.54, 1.807) is 0 Å². The van der Waals surface area contributed by atoms with Crippen LogP contribution in [0.25, 0.3) is 0 Å². The number of piperazine rings is 1. The van der Waals surface area contributed by atoms with Crippen molar-refractivity contribution in [3.8, 4) is 0 Å². The average molecular weight is 337 g/mol. The Morgan fingerprint density at radius 3 is 1.92 bits per heavy atom. The second kappa shape index (κ2) is 8.17. The number of nitrogens with one attached hydrogen (secondary N) is 1. The summed E-state index contributed by atoms with van der Waals surface area (Å²) in [6.07, 6.45) is 0. The number of carbonyl (C=O) groups is 1. The highest BCUT2D eigenvalue weighted by molar-refractivity contribution is 5.74. The molecule has 1 fully saturated rings. The van der Waals surface area contributed by atoms with Crippen LogP contribution in [0.15, 0.2) is 48.5 Å². The summed E-state index contributed by atoms with van der Waals surface area (Å²) in [5.41, 5.74) is 5.00. The summed E-state index contributed by atoms with van der Waals surface area (Å²) in [6.45, 7) is 9.13. The third-order valence-electron chi connectivity index (χ3n) is 4.75. The van der Waals surface area contributed by atoms with Crippen LogP contribution in [0.4, 0.5) is 4.79 Å². The fraction of sp³-hybridized carbons (Fsp3) is 0.381. The maximum atomic E-state index is 12.3. The lowest BCUT2D eigenvalue weighted by Crippen LogP contribution is -2.51. The molecule has 1 aliphatic rings. The molecule has 0 radical (unpaired) electrons. The summed E-state index contributed by atoms with van der Waals surface area (Å²) in [5, 5.41) is 3.03. The van der Waals surface area contributed by atoms with Crippen molar-refractivity contribution in [3.05, 3.63) is 70.8 Å². The van der Waals surface area contributed by atoms with Crippen molar-refractivity contribution >= 4 is 6.03 Å². The second-order valence-corrected chi connectivity index (χ2v) is 6.89. The quantitative estimate of drug-likeness (QED) is 0.929. The van der Waals surface area contributed by atoms with E-state index in [-0.39, 0.29) is 6.03 Å². The lowest BCUT2D eigenvalue weighted by Gasteiger charge is -2.34. The first-order chi connectivity index (χ1) is 12.1. The van der Waals surface area contributed by atoms with Crippen molar-refractivity contribution in [2.24, 2.45) is 0 Å². The van der Waals surface area contributed by atoms with Gasteiger partial charge in [-0.15, -0.1) is 0 Å². The van der Waals surface area contributed by atoms with E-state index < -0.39 is 0 Å². The van der Waals surface area contributed by atoms with E-state index in [0.29, 0.717) is 6.54 Å². The van der Waals surface area contributed by atoms with Gasteiger partial charge < -0.3 is 10.2 Å². The molecule has 0 aromatic heterocycles. The number of nitrogens with zero attached hydrogens (tertiary/aromatic N) is 2. The van der Waals surface area contributed by atoms with Gasteiger partial charge in [-0.25, -0.2) is 4.79 Å². The van der Waals surface area contributed by atoms with Crippen LogP contribution in [0.1, 0.15) is 22.3 Å². The summed E-state index contributed by atoms with van der Waals surface area (Å²) >= 11 is 0. The summed E-state index contributed by atoms with van der Waals surface area (Å²) in [6, 6.07) is 17.0. The number of hydrogen-bond donors (Lipinski definition) is 1. The minimum Gasteiger partial charge on any atom is -0.334 e. The maximum Gasteiger partial charge on any atom is 0.317 e. The Kier molecular flexibility index (Phi) is 5.71. The predicted molar refractivity (Wildman–Crippen MR) is 101 cm³/mol. The number of rotatable bonds is 4. The van der Waals surface area contributed by atoms with E-state index in [4.69, 9.17) is 0 Å². The van der Waals surface area contributed by atoms with E-state index in [1.165, 1.54) is 16.7 Å². The summed E-state index contributed by atoms with van der Waals surface area (Å²) < 4.78 is 0. The number of benzene rings is 2. The molecule has 25 heavy (non-hydrogen) atoms. The fourth-order valence-corrected chi connectivity index (χ4v) is 3.06. The minimum absolute atomic E-state index is 0.0376. The maximum absolute atomic E-state index is 12.3. The average Bonchev–Trinajstić information content (AvgIpc) is 2.63. The van der Waals surface area contributed by atoms with E-state index >= 15 is 0 Å². The van der Waals surface area contributed by atoms with Gasteiger partial charge in [0.15, 0.2) is 0 Å². The van der Waals surface area contributed by atoms with Crippen LogP contribution in [-0.2, 0) is 13.1 Å². The van der Waals surface area contributed by atoms with Crippen molar-refractivity contribution < 1.29 is 4.79 Å². The van der Waals surface area contributed by atoms with Crippen molar-refractivity contribution in [1.29, 1.82) is 0 Å². The molecule has 4 heteroatoms. The Hall–Kier alpha value is -2.33. The lowest BCUT2D eigenvalue weighted by molar-refractivity contribution is 0.135. The number of amides is 2. The highest BCUT2D eigenvalue weighted by Gasteiger charge is 2.20. The smallest absolute Gasteiger partial charge is 0.317 e. The molecule has 0 unspecified atom stereocenters. The number of urea groups is 1. The Balaban J connectivity index is 1.42. The van der Waals surface area contributed by atoms with Crippen LogP contribution in [-0.4, -0.2) is 42.0 Å². The van der Waals surface area contributed by atoms with Gasteiger partial charge in [0, 0.05) is 39.3 Å². The Morgan fingerprint density at radius 2 is 1.36 bits per heavy atom. The zero-order valence-electron chi connectivity index (χ0n) is 15.2. The van der Waals surface area contributed by atoms with Crippen LogP contribution in [0.2, 0.25) is 0 Å². The zero-order valence-corrected chi connectivity index (χ0v) is 15.2. The normalized spacial score (nSPS) is 15.2. The van der Waals surface area contributed by atoms with Crippen molar-refractivity contribution in [1.82, 2.24) is 15.1 Å². The molecule has 2 aromatic rings. The standard InChI is InChI=1S/C21H27N3O/c1-17-3-7-19(8-4-17)15-22-21(25)24-13-11-23(12-14-24)16-20-9-5-18(2)6-10-20/h3-10H,11-16H2,1-2H3,(H,22,25). The molecule has 0 atom stereocenters.